The molecular formula is C17H22O. The summed E-state index contributed by atoms with van der Waals surface area (Å²) < 4.78 is 0. The molecule has 4 aliphatic carbocycles. The van der Waals surface area contributed by atoms with Crippen LogP contribution in [0, 0.1) is 29.6 Å². The second-order valence-corrected chi connectivity index (χ2v) is 6.81. The van der Waals surface area contributed by atoms with Crippen molar-refractivity contribution >= 4 is 5.78 Å². The zero-order valence-electron chi connectivity index (χ0n) is 11.0. The third-order valence-electron chi connectivity index (χ3n) is 6.14. The number of hydrogen-bond acceptors (Lipinski definition) is 1. The Labute approximate surface area is 109 Å². The van der Waals surface area contributed by atoms with E-state index in [1.807, 2.05) is 12.2 Å². The molecule has 1 heteroatoms. The minimum Gasteiger partial charge on any atom is -0.290 e. The fraction of sp³-hybridized carbons (Fsp3) is 0.706. The lowest BCUT2D eigenvalue weighted by Gasteiger charge is -2.48. The van der Waals surface area contributed by atoms with Crippen LogP contribution < -0.4 is 0 Å². The standard InChI is InChI=1S/C17H22O/c18-13-6-9-15-12(10-13)5-8-16-14-3-1-2-11(14)4-7-17(15)16/h6,9-11,14-17H,1-5,7-8H2/t11-,14+,15-,16-,17+/m0/s1. The first-order valence-corrected chi connectivity index (χ1v) is 7.75. The van der Waals surface area contributed by atoms with Gasteiger partial charge in [-0.05, 0) is 67.9 Å². The van der Waals surface area contributed by atoms with Gasteiger partial charge in [0.2, 0.25) is 0 Å². The Kier molecular flexibility index (Phi) is 2.50. The van der Waals surface area contributed by atoms with Crippen LogP contribution in [0.15, 0.2) is 23.8 Å². The highest BCUT2D eigenvalue weighted by atomic mass is 16.1. The van der Waals surface area contributed by atoms with E-state index in [9.17, 15) is 4.79 Å². The minimum atomic E-state index is 0.217. The Morgan fingerprint density at radius 3 is 2.83 bits per heavy atom. The van der Waals surface area contributed by atoms with Crippen LogP contribution in [-0.4, -0.2) is 5.78 Å². The van der Waals surface area contributed by atoms with Gasteiger partial charge in [-0.2, -0.15) is 0 Å². The van der Waals surface area contributed by atoms with Gasteiger partial charge in [-0.25, -0.2) is 0 Å². The van der Waals surface area contributed by atoms with Gasteiger partial charge in [0, 0.05) is 5.92 Å². The summed E-state index contributed by atoms with van der Waals surface area (Å²) in [5.41, 5.74) is 1.44. The molecule has 3 fully saturated rings. The Balaban J connectivity index is 1.63. The van der Waals surface area contributed by atoms with E-state index in [0.29, 0.717) is 5.92 Å². The molecule has 5 atom stereocenters. The monoisotopic (exact) mass is 242 g/mol. The minimum absolute atomic E-state index is 0.217. The van der Waals surface area contributed by atoms with Crippen LogP contribution in [0.3, 0.4) is 0 Å². The third kappa shape index (κ3) is 1.56. The summed E-state index contributed by atoms with van der Waals surface area (Å²) in [5.74, 6) is 4.72. The molecule has 0 heterocycles. The number of hydrogen-bond donors (Lipinski definition) is 0. The fourth-order valence-corrected chi connectivity index (χ4v) is 5.44. The van der Waals surface area contributed by atoms with Crippen LogP contribution in [0.5, 0.6) is 0 Å². The van der Waals surface area contributed by atoms with Crippen molar-refractivity contribution in [2.24, 2.45) is 29.6 Å². The molecule has 0 saturated heterocycles. The smallest absolute Gasteiger partial charge is 0.178 e. The first-order chi connectivity index (χ1) is 8.83. The summed E-state index contributed by atoms with van der Waals surface area (Å²) in [4.78, 5) is 11.5. The number of carbonyl (C=O) groups is 1. The largest absolute Gasteiger partial charge is 0.290 e. The lowest BCUT2D eigenvalue weighted by molar-refractivity contribution is -0.110. The summed E-state index contributed by atoms with van der Waals surface area (Å²) in [6, 6.07) is 0. The quantitative estimate of drug-likeness (QED) is 0.629. The molecule has 0 aromatic carbocycles. The molecule has 0 aromatic rings. The van der Waals surface area contributed by atoms with Gasteiger partial charge >= 0.3 is 0 Å². The topological polar surface area (TPSA) is 17.1 Å². The van der Waals surface area contributed by atoms with Gasteiger partial charge in [0.1, 0.15) is 0 Å². The van der Waals surface area contributed by atoms with E-state index in [2.05, 4.69) is 6.08 Å². The Morgan fingerprint density at radius 1 is 0.944 bits per heavy atom. The number of fused-ring (bicyclic) bond motifs is 5. The Morgan fingerprint density at radius 2 is 1.89 bits per heavy atom. The van der Waals surface area contributed by atoms with Gasteiger partial charge in [-0.1, -0.05) is 24.5 Å². The molecule has 0 amide bonds. The molecule has 0 N–H and O–H groups in total. The average molecular weight is 242 g/mol. The van der Waals surface area contributed by atoms with E-state index in [-0.39, 0.29) is 5.78 Å². The zero-order chi connectivity index (χ0) is 12.1. The highest BCUT2D eigenvalue weighted by molar-refractivity contribution is 6.00. The van der Waals surface area contributed by atoms with E-state index in [1.165, 1.54) is 50.5 Å². The lowest BCUT2D eigenvalue weighted by atomic mass is 9.57. The Hall–Kier alpha value is -0.850. The number of carbonyl (C=O) groups excluding carboxylic acids is 1. The Bertz CT molecular complexity index is 431. The van der Waals surface area contributed by atoms with Crippen LogP contribution in [0.25, 0.3) is 0 Å². The van der Waals surface area contributed by atoms with Crippen molar-refractivity contribution < 1.29 is 4.79 Å². The average Bonchev–Trinajstić information content (AvgIpc) is 2.86. The first-order valence-electron chi connectivity index (χ1n) is 7.75. The van der Waals surface area contributed by atoms with Gasteiger partial charge in [-0.15, -0.1) is 0 Å². The van der Waals surface area contributed by atoms with Crippen molar-refractivity contribution in [1.82, 2.24) is 0 Å². The number of ketones is 1. The van der Waals surface area contributed by atoms with Gasteiger partial charge in [-0.3, -0.25) is 4.79 Å². The molecule has 0 aliphatic heterocycles. The van der Waals surface area contributed by atoms with Gasteiger partial charge in [0.05, 0.1) is 0 Å². The van der Waals surface area contributed by atoms with Crippen LogP contribution in [0.1, 0.15) is 44.9 Å². The van der Waals surface area contributed by atoms with E-state index >= 15 is 0 Å². The molecule has 3 saturated carbocycles. The van der Waals surface area contributed by atoms with Gasteiger partial charge in [0.15, 0.2) is 5.78 Å². The molecule has 4 rings (SSSR count). The fourth-order valence-electron chi connectivity index (χ4n) is 5.44. The lowest BCUT2D eigenvalue weighted by Crippen LogP contribution is -2.39. The summed E-state index contributed by atoms with van der Waals surface area (Å²) in [5, 5.41) is 0. The molecule has 4 aliphatic rings. The van der Waals surface area contributed by atoms with Gasteiger partial charge < -0.3 is 0 Å². The molecule has 0 bridgehead atoms. The van der Waals surface area contributed by atoms with Crippen molar-refractivity contribution in [3.05, 3.63) is 23.8 Å². The third-order valence-corrected chi connectivity index (χ3v) is 6.14. The molecule has 0 radical (unpaired) electrons. The van der Waals surface area contributed by atoms with Crippen LogP contribution >= 0.6 is 0 Å². The molecule has 1 nitrogen and oxygen atoms in total. The van der Waals surface area contributed by atoms with E-state index < -0.39 is 0 Å². The van der Waals surface area contributed by atoms with Crippen molar-refractivity contribution in [3.63, 3.8) is 0 Å². The summed E-state index contributed by atoms with van der Waals surface area (Å²) in [6.07, 6.45) is 15.8. The molecule has 0 aromatic heterocycles. The van der Waals surface area contributed by atoms with Crippen LogP contribution in [-0.2, 0) is 4.79 Å². The maximum atomic E-state index is 11.5. The molecule has 0 spiro atoms. The summed E-state index contributed by atoms with van der Waals surface area (Å²) >= 11 is 0. The highest BCUT2D eigenvalue weighted by Gasteiger charge is 2.46. The van der Waals surface area contributed by atoms with Crippen molar-refractivity contribution in [2.45, 2.75) is 44.9 Å². The second kappa shape index (κ2) is 4.08. The van der Waals surface area contributed by atoms with Gasteiger partial charge in [0.25, 0.3) is 0 Å². The highest BCUT2D eigenvalue weighted by Crippen LogP contribution is 2.55. The number of allylic oxidation sites excluding steroid dienone is 4. The predicted molar refractivity (Wildman–Crippen MR) is 72.0 cm³/mol. The van der Waals surface area contributed by atoms with E-state index in [1.54, 1.807) is 0 Å². The van der Waals surface area contributed by atoms with Crippen molar-refractivity contribution in [2.75, 3.05) is 0 Å². The SMILES string of the molecule is O=C1C=C[C@H]2C(=C1)CC[C@H]1[C@@H]3CCC[C@H]3CC[C@@H]12. The van der Waals surface area contributed by atoms with Crippen LogP contribution in [0.2, 0.25) is 0 Å². The van der Waals surface area contributed by atoms with Crippen molar-refractivity contribution in [1.29, 1.82) is 0 Å². The van der Waals surface area contributed by atoms with E-state index in [4.69, 9.17) is 0 Å². The molecule has 96 valence electrons. The molecule has 18 heavy (non-hydrogen) atoms. The molecule has 0 unspecified atom stereocenters. The normalized spacial score (nSPS) is 46.1. The maximum absolute atomic E-state index is 11.5. The number of rotatable bonds is 0. The predicted octanol–water partition coefficient (Wildman–Crippen LogP) is 3.90. The summed E-state index contributed by atoms with van der Waals surface area (Å²) in [6.45, 7) is 0. The van der Waals surface area contributed by atoms with E-state index in [0.717, 1.165) is 23.7 Å². The van der Waals surface area contributed by atoms with Crippen molar-refractivity contribution in [3.8, 4) is 0 Å². The molecular weight excluding hydrogens is 220 g/mol. The second-order valence-electron chi connectivity index (χ2n) is 6.81. The first kappa shape index (κ1) is 11.0. The maximum Gasteiger partial charge on any atom is 0.178 e. The van der Waals surface area contributed by atoms with Crippen LogP contribution in [0.4, 0.5) is 0 Å². The zero-order valence-corrected chi connectivity index (χ0v) is 11.0. The summed E-state index contributed by atoms with van der Waals surface area (Å²) in [7, 11) is 0.